The van der Waals surface area contributed by atoms with Crippen LogP contribution in [-0.4, -0.2) is 35.5 Å². The van der Waals surface area contributed by atoms with Gasteiger partial charge in [0.1, 0.15) is 5.75 Å². The highest BCUT2D eigenvalue weighted by Gasteiger charge is 2.32. The molecule has 0 bridgehead atoms. The standard InChI is InChI=1S/C34H49NO4/c1-8-11-30-19-18-29(26(5)35(32(30)36)23-28-15-14-24(3)25(4)22-28)13-10-12-27-16-20-31(21-17-27)39-34(6,7)33(37)38-9-2/h16-17,20-22,30H,8-15,18-19,23H2,1-7H3. The molecule has 3 rings (SSSR count). The average molecular weight is 536 g/mol. The lowest BCUT2D eigenvalue weighted by molar-refractivity contribution is -0.158. The van der Waals surface area contributed by atoms with Gasteiger partial charge >= 0.3 is 5.97 Å². The summed E-state index contributed by atoms with van der Waals surface area (Å²) in [5.41, 5.74) is 7.00. The fourth-order valence-corrected chi connectivity index (χ4v) is 5.59. The molecule has 0 saturated heterocycles. The molecule has 1 amide bonds. The number of allylic oxidation sites excluding steroid dienone is 5. The molecule has 1 aromatic rings. The summed E-state index contributed by atoms with van der Waals surface area (Å²) in [6, 6.07) is 8.01. The van der Waals surface area contributed by atoms with Gasteiger partial charge < -0.3 is 14.4 Å². The minimum atomic E-state index is -1.03. The molecule has 1 heterocycles. The maximum atomic E-state index is 13.6. The van der Waals surface area contributed by atoms with Crippen LogP contribution in [0.15, 0.2) is 58.3 Å². The van der Waals surface area contributed by atoms with E-state index in [4.69, 9.17) is 9.47 Å². The number of hydrogen-bond donors (Lipinski definition) is 0. The van der Waals surface area contributed by atoms with Crippen LogP contribution in [-0.2, 0) is 20.7 Å². The first-order valence-corrected chi connectivity index (χ1v) is 14.9. The molecule has 0 radical (unpaired) electrons. The zero-order chi connectivity index (χ0) is 28.6. The van der Waals surface area contributed by atoms with Gasteiger partial charge in [0.15, 0.2) is 5.60 Å². The summed E-state index contributed by atoms with van der Waals surface area (Å²) >= 11 is 0. The molecule has 0 spiro atoms. The summed E-state index contributed by atoms with van der Waals surface area (Å²) in [5, 5.41) is 0. The molecule has 5 heteroatoms. The third-order valence-electron chi connectivity index (χ3n) is 8.25. The molecule has 0 saturated carbocycles. The van der Waals surface area contributed by atoms with Crippen LogP contribution >= 0.6 is 0 Å². The number of carbonyl (C=O) groups excluding carboxylic acids is 2. The van der Waals surface area contributed by atoms with Crippen molar-refractivity contribution in [2.24, 2.45) is 5.92 Å². The Morgan fingerprint density at radius 3 is 2.38 bits per heavy atom. The first-order chi connectivity index (χ1) is 18.6. The molecule has 0 N–H and O–H groups in total. The molecule has 39 heavy (non-hydrogen) atoms. The number of ether oxygens (including phenoxy) is 2. The van der Waals surface area contributed by atoms with Crippen molar-refractivity contribution in [3.8, 4) is 5.75 Å². The van der Waals surface area contributed by atoms with E-state index in [9.17, 15) is 9.59 Å². The average Bonchev–Trinajstić information content (AvgIpc) is 3.00. The molecular formula is C34H49NO4. The van der Waals surface area contributed by atoms with Gasteiger partial charge in [-0.05, 0) is 116 Å². The molecule has 1 aliphatic carbocycles. The van der Waals surface area contributed by atoms with Crippen molar-refractivity contribution in [2.75, 3.05) is 13.2 Å². The maximum Gasteiger partial charge on any atom is 0.349 e. The van der Waals surface area contributed by atoms with Gasteiger partial charge in [-0.15, -0.1) is 0 Å². The van der Waals surface area contributed by atoms with Crippen LogP contribution in [0, 0.1) is 5.92 Å². The van der Waals surface area contributed by atoms with Gasteiger partial charge in [-0.2, -0.15) is 0 Å². The molecule has 1 aromatic carbocycles. The summed E-state index contributed by atoms with van der Waals surface area (Å²) in [5.74, 6) is 0.732. The monoisotopic (exact) mass is 535 g/mol. The number of benzene rings is 1. The molecule has 1 atom stereocenters. The number of rotatable bonds is 12. The number of hydrogen-bond acceptors (Lipinski definition) is 4. The van der Waals surface area contributed by atoms with Crippen molar-refractivity contribution in [1.82, 2.24) is 4.90 Å². The number of aryl methyl sites for hydroxylation is 1. The molecule has 214 valence electrons. The fraction of sp³-hybridized carbons (Fsp3) is 0.588. The van der Waals surface area contributed by atoms with Gasteiger partial charge in [0, 0.05) is 18.2 Å². The van der Waals surface area contributed by atoms with Gasteiger partial charge in [0.2, 0.25) is 5.91 Å². The molecule has 1 unspecified atom stereocenters. The minimum Gasteiger partial charge on any atom is -0.476 e. The second-order valence-electron chi connectivity index (χ2n) is 11.7. The Morgan fingerprint density at radius 1 is 1.03 bits per heavy atom. The predicted molar refractivity (Wildman–Crippen MR) is 158 cm³/mol. The number of nitrogens with zero attached hydrogens (tertiary/aromatic N) is 1. The summed E-state index contributed by atoms with van der Waals surface area (Å²) in [6.45, 7) is 15.0. The Balaban J connectivity index is 1.66. The maximum absolute atomic E-state index is 13.6. The summed E-state index contributed by atoms with van der Waals surface area (Å²) in [4.78, 5) is 27.9. The van der Waals surface area contributed by atoms with E-state index in [1.165, 1.54) is 33.6 Å². The van der Waals surface area contributed by atoms with Gasteiger partial charge in [0.05, 0.1) is 6.61 Å². The lowest BCUT2D eigenvalue weighted by Crippen LogP contribution is -2.39. The normalized spacial score (nSPS) is 18.7. The van der Waals surface area contributed by atoms with E-state index in [2.05, 4.69) is 50.8 Å². The number of esters is 1. The van der Waals surface area contributed by atoms with Crippen LogP contribution in [0.25, 0.3) is 0 Å². The Labute approximate surface area is 236 Å². The first kappa shape index (κ1) is 30.7. The van der Waals surface area contributed by atoms with Crippen molar-refractivity contribution >= 4 is 11.9 Å². The zero-order valence-corrected chi connectivity index (χ0v) is 25.3. The Morgan fingerprint density at radius 2 is 1.74 bits per heavy atom. The summed E-state index contributed by atoms with van der Waals surface area (Å²) in [6.07, 6.45) is 11.4. The second kappa shape index (κ2) is 14.0. The molecule has 0 fully saturated rings. The molecular weight excluding hydrogens is 486 g/mol. The van der Waals surface area contributed by atoms with E-state index >= 15 is 0 Å². The predicted octanol–water partition coefficient (Wildman–Crippen LogP) is 8.10. The van der Waals surface area contributed by atoms with Crippen LogP contribution in [0.5, 0.6) is 5.75 Å². The summed E-state index contributed by atoms with van der Waals surface area (Å²) in [7, 11) is 0. The van der Waals surface area contributed by atoms with Gasteiger partial charge in [-0.25, -0.2) is 4.79 Å². The van der Waals surface area contributed by atoms with E-state index in [-0.39, 0.29) is 11.9 Å². The van der Waals surface area contributed by atoms with Crippen LogP contribution < -0.4 is 4.74 Å². The Bertz CT molecular complexity index is 1110. The lowest BCUT2D eigenvalue weighted by Gasteiger charge is -2.29. The molecule has 1 aliphatic heterocycles. The number of amides is 1. The van der Waals surface area contributed by atoms with Gasteiger partial charge in [0.25, 0.3) is 0 Å². The second-order valence-corrected chi connectivity index (χ2v) is 11.7. The van der Waals surface area contributed by atoms with E-state index in [1.807, 2.05) is 12.1 Å². The van der Waals surface area contributed by atoms with Crippen molar-refractivity contribution < 1.29 is 19.1 Å². The van der Waals surface area contributed by atoms with Gasteiger partial charge in [-0.3, -0.25) is 4.79 Å². The van der Waals surface area contributed by atoms with Crippen LogP contribution in [0.1, 0.15) is 105 Å². The van der Waals surface area contributed by atoms with Crippen molar-refractivity contribution in [3.63, 3.8) is 0 Å². The van der Waals surface area contributed by atoms with Crippen molar-refractivity contribution in [3.05, 3.63) is 63.9 Å². The Kier molecular flexibility index (Phi) is 11.0. The zero-order valence-electron chi connectivity index (χ0n) is 25.3. The Hall–Kier alpha value is -2.82. The van der Waals surface area contributed by atoms with Crippen LogP contribution in [0.4, 0.5) is 0 Å². The fourth-order valence-electron chi connectivity index (χ4n) is 5.59. The highest BCUT2D eigenvalue weighted by molar-refractivity contribution is 5.81. The van der Waals surface area contributed by atoms with E-state index in [0.29, 0.717) is 18.3 Å². The van der Waals surface area contributed by atoms with E-state index in [1.54, 1.807) is 20.8 Å². The molecule has 2 aliphatic rings. The van der Waals surface area contributed by atoms with Crippen LogP contribution in [0.2, 0.25) is 0 Å². The lowest BCUT2D eigenvalue weighted by atomic mass is 9.93. The van der Waals surface area contributed by atoms with Crippen molar-refractivity contribution in [2.45, 2.75) is 112 Å². The van der Waals surface area contributed by atoms with Crippen molar-refractivity contribution in [1.29, 1.82) is 0 Å². The number of carbonyl (C=O) groups is 2. The third kappa shape index (κ3) is 8.33. The smallest absolute Gasteiger partial charge is 0.349 e. The topological polar surface area (TPSA) is 55.8 Å². The molecule has 0 aromatic heterocycles. The quantitative estimate of drug-likeness (QED) is 0.254. The largest absolute Gasteiger partial charge is 0.476 e. The van der Waals surface area contributed by atoms with E-state index in [0.717, 1.165) is 64.3 Å². The third-order valence-corrected chi connectivity index (χ3v) is 8.25. The van der Waals surface area contributed by atoms with Gasteiger partial charge in [-0.1, -0.05) is 48.3 Å². The minimum absolute atomic E-state index is 0.122. The first-order valence-electron chi connectivity index (χ1n) is 14.9. The van der Waals surface area contributed by atoms with E-state index < -0.39 is 5.60 Å². The molecule has 5 nitrogen and oxygen atoms in total. The highest BCUT2D eigenvalue weighted by atomic mass is 16.6. The highest BCUT2D eigenvalue weighted by Crippen LogP contribution is 2.33. The SMILES string of the molecule is CCCC1CCC(CCCc2ccc(OC(C)(C)C(=O)OCC)cc2)=C(C)N(CC2=CC(C)=C(C)CC2)C1=O. The van der Waals surface area contributed by atoms with Crippen LogP contribution in [0.3, 0.4) is 0 Å². The summed E-state index contributed by atoms with van der Waals surface area (Å²) < 4.78 is 11.0.